The van der Waals surface area contributed by atoms with Crippen molar-refractivity contribution in [2.45, 2.75) is 6.92 Å². The number of primary amides is 1. The first-order valence-electron chi connectivity index (χ1n) is 7.11. The lowest BCUT2D eigenvalue weighted by Crippen LogP contribution is -2.24. The number of benzene rings is 2. The van der Waals surface area contributed by atoms with Gasteiger partial charge in [-0.3, -0.25) is 14.4 Å². The summed E-state index contributed by atoms with van der Waals surface area (Å²) >= 11 is 5.89. The number of carbonyl (C=O) groups excluding carboxylic acids is 3. The molecule has 0 aromatic heterocycles. The molecule has 0 saturated heterocycles. The Morgan fingerprint density at radius 1 is 1.04 bits per heavy atom. The van der Waals surface area contributed by atoms with Gasteiger partial charge in [0, 0.05) is 16.3 Å². The quantitative estimate of drug-likeness (QED) is 0.700. The van der Waals surface area contributed by atoms with Gasteiger partial charge in [-0.1, -0.05) is 23.7 Å². The van der Waals surface area contributed by atoms with E-state index in [4.69, 9.17) is 17.3 Å². The van der Waals surface area contributed by atoms with Crippen LogP contribution in [0.5, 0.6) is 0 Å². The van der Waals surface area contributed by atoms with E-state index >= 15 is 0 Å². The SMILES string of the molecule is CC(=O)c1ccccc1NC(=O)CNc1cc(Cl)ccc1C(N)=O. The second kappa shape index (κ2) is 7.61. The Kier molecular flexibility index (Phi) is 5.55. The van der Waals surface area contributed by atoms with Crippen molar-refractivity contribution < 1.29 is 14.4 Å². The Hall–Kier alpha value is -2.86. The van der Waals surface area contributed by atoms with Gasteiger partial charge in [0.05, 0.1) is 17.8 Å². The first kappa shape index (κ1) is 17.5. The Labute approximate surface area is 144 Å². The molecule has 0 bridgehead atoms. The van der Waals surface area contributed by atoms with E-state index in [-0.39, 0.29) is 23.8 Å². The maximum absolute atomic E-state index is 12.1. The van der Waals surface area contributed by atoms with E-state index < -0.39 is 5.91 Å². The van der Waals surface area contributed by atoms with Gasteiger partial charge in [-0.25, -0.2) is 0 Å². The molecule has 0 fully saturated rings. The number of amides is 2. The number of anilines is 2. The topological polar surface area (TPSA) is 101 Å². The van der Waals surface area contributed by atoms with Crippen molar-refractivity contribution in [3.05, 3.63) is 58.6 Å². The van der Waals surface area contributed by atoms with E-state index in [0.717, 1.165) is 0 Å². The van der Waals surface area contributed by atoms with Crippen LogP contribution in [0, 0.1) is 0 Å². The van der Waals surface area contributed by atoms with Crippen LogP contribution in [-0.4, -0.2) is 24.1 Å². The molecule has 24 heavy (non-hydrogen) atoms. The molecule has 2 amide bonds. The van der Waals surface area contributed by atoms with Gasteiger partial charge in [0.25, 0.3) is 5.91 Å². The van der Waals surface area contributed by atoms with Gasteiger partial charge < -0.3 is 16.4 Å². The van der Waals surface area contributed by atoms with Crippen LogP contribution in [0.1, 0.15) is 27.6 Å². The first-order chi connectivity index (χ1) is 11.4. The van der Waals surface area contributed by atoms with Gasteiger partial charge in [0.15, 0.2) is 5.78 Å². The smallest absolute Gasteiger partial charge is 0.250 e. The number of carbonyl (C=O) groups is 3. The number of hydrogen-bond donors (Lipinski definition) is 3. The minimum absolute atomic E-state index is 0.118. The molecule has 4 N–H and O–H groups in total. The largest absolute Gasteiger partial charge is 0.375 e. The zero-order valence-corrected chi connectivity index (χ0v) is 13.7. The van der Waals surface area contributed by atoms with Crippen molar-refractivity contribution in [2.24, 2.45) is 5.73 Å². The summed E-state index contributed by atoms with van der Waals surface area (Å²) in [6.07, 6.45) is 0. The van der Waals surface area contributed by atoms with Gasteiger partial charge in [0.2, 0.25) is 5.91 Å². The zero-order chi connectivity index (χ0) is 17.7. The third-order valence-electron chi connectivity index (χ3n) is 3.27. The number of halogens is 1. The fourth-order valence-corrected chi connectivity index (χ4v) is 2.32. The van der Waals surface area contributed by atoms with Gasteiger partial charge in [-0.05, 0) is 37.3 Å². The highest BCUT2D eigenvalue weighted by molar-refractivity contribution is 6.31. The molecular formula is C17H16ClN3O3. The van der Waals surface area contributed by atoms with Crippen molar-refractivity contribution in [1.82, 2.24) is 0 Å². The van der Waals surface area contributed by atoms with Crippen molar-refractivity contribution >= 4 is 40.6 Å². The highest BCUT2D eigenvalue weighted by Crippen LogP contribution is 2.21. The lowest BCUT2D eigenvalue weighted by atomic mass is 10.1. The van der Waals surface area contributed by atoms with Gasteiger partial charge in [-0.15, -0.1) is 0 Å². The maximum Gasteiger partial charge on any atom is 0.250 e. The number of para-hydroxylation sites is 1. The highest BCUT2D eigenvalue weighted by atomic mass is 35.5. The summed E-state index contributed by atoms with van der Waals surface area (Å²) in [6, 6.07) is 11.2. The lowest BCUT2D eigenvalue weighted by Gasteiger charge is -2.12. The minimum Gasteiger partial charge on any atom is -0.375 e. The molecule has 0 saturated carbocycles. The molecule has 0 aliphatic heterocycles. The van der Waals surface area contributed by atoms with E-state index in [0.29, 0.717) is 22.0 Å². The van der Waals surface area contributed by atoms with E-state index in [1.165, 1.54) is 25.1 Å². The van der Waals surface area contributed by atoms with Crippen molar-refractivity contribution in [3.63, 3.8) is 0 Å². The van der Waals surface area contributed by atoms with Gasteiger partial charge >= 0.3 is 0 Å². The Bertz CT molecular complexity index is 805. The monoisotopic (exact) mass is 345 g/mol. The number of nitrogens with two attached hydrogens (primary N) is 1. The van der Waals surface area contributed by atoms with Crippen LogP contribution in [0.3, 0.4) is 0 Å². The van der Waals surface area contributed by atoms with E-state index in [1.807, 2.05) is 0 Å². The predicted octanol–water partition coefficient (Wildman–Crippen LogP) is 2.69. The lowest BCUT2D eigenvalue weighted by molar-refractivity contribution is -0.114. The van der Waals surface area contributed by atoms with Crippen LogP contribution in [0.15, 0.2) is 42.5 Å². The molecule has 2 aromatic carbocycles. The standard InChI is InChI=1S/C17H16ClN3O3/c1-10(22)12-4-2-3-5-14(12)21-16(23)9-20-15-8-11(18)6-7-13(15)17(19)24/h2-8,20H,9H2,1H3,(H2,19,24)(H,21,23). The second-order valence-corrected chi connectivity index (χ2v) is 5.49. The molecule has 0 atom stereocenters. The summed E-state index contributed by atoms with van der Waals surface area (Å²) in [5.74, 6) is -1.15. The number of hydrogen-bond acceptors (Lipinski definition) is 4. The van der Waals surface area contributed by atoms with Crippen LogP contribution in [0.4, 0.5) is 11.4 Å². The fourth-order valence-electron chi connectivity index (χ4n) is 2.15. The molecule has 0 radical (unpaired) electrons. The summed E-state index contributed by atoms with van der Waals surface area (Å²) in [5.41, 5.74) is 6.74. The summed E-state index contributed by atoms with van der Waals surface area (Å²) in [7, 11) is 0. The Balaban J connectivity index is 2.09. The number of rotatable bonds is 6. The zero-order valence-electron chi connectivity index (χ0n) is 12.9. The fraction of sp³-hybridized carbons (Fsp3) is 0.118. The number of nitrogens with one attached hydrogen (secondary N) is 2. The van der Waals surface area contributed by atoms with Crippen LogP contribution < -0.4 is 16.4 Å². The molecule has 0 unspecified atom stereocenters. The van der Waals surface area contributed by atoms with Crippen LogP contribution in [0.25, 0.3) is 0 Å². The summed E-state index contributed by atoms with van der Waals surface area (Å²) < 4.78 is 0. The van der Waals surface area contributed by atoms with Gasteiger partial charge in [0.1, 0.15) is 0 Å². The average Bonchev–Trinajstić information content (AvgIpc) is 2.53. The number of Topliss-reactive ketones (excluding diaryl/α,β-unsaturated/α-hetero) is 1. The number of ketones is 1. The highest BCUT2D eigenvalue weighted by Gasteiger charge is 2.12. The molecule has 0 spiro atoms. The van der Waals surface area contributed by atoms with Gasteiger partial charge in [-0.2, -0.15) is 0 Å². The van der Waals surface area contributed by atoms with E-state index in [2.05, 4.69) is 10.6 Å². The summed E-state index contributed by atoms with van der Waals surface area (Å²) in [5, 5.41) is 5.88. The molecule has 7 heteroatoms. The molecule has 124 valence electrons. The van der Waals surface area contributed by atoms with Crippen molar-refractivity contribution in [3.8, 4) is 0 Å². The Morgan fingerprint density at radius 2 is 1.75 bits per heavy atom. The van der Waals surface area contributed by atoms with Crippen LogP contribution >= 0.6 is 11.6 Å². The second-order valence-electron chi connectivity index (χ2n) is 5.06. The van der Waals surface area contributed by atoms with E-state index in [1.54, 1.807) is 24.3 Å². The predicted molar refractivity (Wildman–Crippen MR) is 93.5 cm³/mol. The molecular weight excluding hydrogens is 330 g/mol. The van der Waals surface area contributed by atoms with Crippen molar-refractivity contribution in [1.29, 1.82) is 0 Å². The minimum atomic E-state index is -0.628. The first-order valence-corrected chi connectivity index (χ1v) is 7.49. The van der Waals surface area contributed by atoms with E-state index in [9.17, 15) is 14.4 Å². The summed E-state index contributed by atoms with van der Waals surface area (Å²) in [4.78, 5) is 35.0. The Morgan fingerprint density at radius 3 is 2.42 bits per heavy atom. The summed E-state index contributed by atoms with van der Waals surface area (Å²) in [6.45, 7) is 1.31. The molecule has 0 heterocycles. The molecule has 0 aliphatic carbocycles. The van der Waals surface area contributed by atoms with Crippen LogP contribution in [-0.2, 0) is 4.79 Å². The third kappa shape index (κ3) is 4.33. The molecule has 0 aliphatic rings. The molecule has 2 aromatic rings. The third-order valence-corrected chi connectivity index (χ3v) is 3.50. The molecule has 2 rings (SSSR count). The maximum atomic E-state index is 12.1. The normalized spacial score (nSPS) is 10.1. The van der Waals surface area contributed by atoms with Crippen molar-refractivity contribution in [2.75, 3.05) is 17.2 Å². The van der Waals surface area contributed by atoms with Crippen LogP contribution in [0.2, 0.25) is 5.02 Å². The average molecular weight is 346 g/mol. The molecule has 6 nitrogen and oxygen atoms in total.